The molecule has 0 atom stereocenters. The molecule has 3 nitrogen and oxygen atoms in total. The van der Waals surface area contributed by atoms with E-state index >= 15 is 0 Å². The van der Waals surface area contributed by atoms with E-state index in [0.29, 0.717) is 5.88 Å². The fraction of sp³-hybridized carbons (Fsp3) is 0.167. The average Bonchev–Trinajstić information content (AvgIpc) is 2.27. The summed E-state index contributed by atoms with van der Waals surface area (Å²) in [6.45, 7) is 4.12. The first-order valence-corrected chi connectivity index (χ1v) is 5.67. The molecule has 2 rings (SSSR count). The molecule has 0 radical (unpaired) electrons. The number of ether oxygens (including phenoxy) is 1. The molecule has 0 unspecified atom stereocenters. The summed E-state index contributed by atoms with van der Waals surface area (Å²) in [6.07, 6.45) is 3.12. The first-order valence-electron chi connectivity index (χ1n) is 4.87. The van der Waals surface area contributed by atoms with Crippen molar-refractivity contribution in [3.63, 3.8) is 0 Å². The van der Waals surface area contributed by atoms with Gasteiger partial charge in [-0.05, 0) is 53.0 Å². The van der Waals surface area contributed by atoms with Crippen LogP contribution in [0.15, 0.2) is 35.2 Å². The highest BCUT2D eigenvalue weighted by Crippen LogP contribution is 2.27. The Labute approximate surface area is 103 Å². The van der Waals surface area contributed by atoms with Gasteiger partial charge in [0.25, 0.3) is 0 Å². The smallest absolute Gasteiger partial charge is 0.236 e. The normalized spacial score (nSPS) is 10.2. The number of rotatable bonds is 2. The first-order chi connectivity index (χ1) is 7.66. The SMILES string of the molecule is Cc1ccc(Oc2ncncc2Br)cc1C. The van der Waals surface area contributed by atoms with Gasteiger partial charge in [-0.2, -0.15) is 0 Å². The van der Waals surface area contributed by atoms with Gasteiger partial charge in [-0.15, -0.1) is 0 Å². The molecule has 1 heterocycles. The first kappa shape index (κ1) is 11.1. The fourth-order valence-corrected chi connectivity index (χ4v) is 1.57. The second-order valence-electron chi connectivity index (χ2n) is 3.52. The zero-order chi connectivity index (χ0) is 11.5. The van der Waals surface area contributed by atoms with E-state index in [4.69, 9.17) is 4.74 Å². The Hall–Kier alpha value is -1.42. The molecule has 0 spiro atoms. The predicted octanol–water partition coefficient (Wildman–Crippen LogP) is 3.65. The van der Waals surface area contributed by atoms with Crippen LogP contribution in [-0.2, 0) is 0 Å². The van der Waals surface area contributed by atoms with Gasteiger partial charge in [0.1, 0.15) is 12.1 Å². The number of nitrogens with zero attached hydrogens (tertiary/aromatic N) is 2. The number of halogens is 1. The van der Waals surface area contributed by atoms with Gasteiger partial charge in [0.05, 0.1) is 4.47 Å². The molecule has 0 amide bonds. The minimum absolute atomic E-state index is 0.526. The van der Waals surface area contributed by atoms with Crippen molar-refractivity contribution in [3.8, 4) is 11.6 Å². The second-order valence-corrected chi connectivity index (χ2v) is 4.38. The van der Waals surface area contributed by atoms with Gasteiger partial charge < -0.3 is 4.74 Å². The molecule has 0 bridgehead atoms. The minimum atomic E-state index is 0.526. The standard InChI is InChI=1S/C12H11BrN2O/c1-8-3-4-10(5-9(8)2)16-12-11(13)6-14-7-15-12/h3-7H,1-2H3. The van der Waals surface area contributed by atoms with Crippen LogP contribution in [0.4, 0.5) is 0 Å². The summed E-state index contributed by atoms with van der Waals surface area (Å²) in [5, 5.41) is 0. The lowest BCUT2D eigenvalue weighted by atomic mass is 10.1. The van der Waals surface area contributed by atoms with Crippen LogP contribution in [0.1, 0.15) is 11.1 Å². The van der Waals surface area contributed by atoms with Crippen LogP contribution in [-0.4, -0.2) is 9.97 Å². The van der Waals surface area contributed by atoms with Crippen molar-refractivity contribution in [3.05, 3.63) is 46.3 Å². The summed E-state index contributed by atoms with van der Waals surface area (Å²) in [5.74, 6) is 1.31. The van der Waals surface area contributed by atoms with Crippen molar-refractivity contribution in [2.45, 2.75) is 13.8 Å². The highest BCUT2D eigenvalue weighted by Gasteiger charge is 2.04. The van der Waals surface area contributed by atoms with Crippen LogP contribution in [0.25, 0.3) is 0 Å². The molecule has 0 saturated heterocycles. The third kappa shape index (κ3) is 2.39. The van der Waals surface area contributed by atoms with E-state index in [9.17, 15) is 0 Å². The van der Waals surface area contributed by atoms with Crippen LogP contribution in [0.5, 0.6) is 11.6 Å². The van der Waals surface area contributed by atoms with Crippen LogP contribution < -0.4 is 4.74 Å². The van der Waals surface area contributed by atoms with Gasteiger partial charge in [0.15, 0.2) is 0 Å². The zero-order valence-corrected chi connectivity index (χ0v) is 10.7. The minimum Gasteiger partial charge on any atom is -0.438 e. The second kappa shape index (κ2) is 4.61. The van der Waals surface area contributed by atoms with E-state index in [1.807, 2.05) is 18.2 Å². The third-order valence-electron chi connectivity index (χ3n) is 2.33. The molecule has 0 saturated carbocycles. The van der Waals surface area contributed by atoms with E-state index < -0.39 is 0 Å². The van der Waals surface area contributed by atoms with Gasteiger partial charge in [-0.25, -0.2) is 9.97 Å². The van der Waals surface area contributed by atoms with Crippen molar-refractivity contribution >= 4 is 15.9 Å². The fourth-order valence-electron chi connectivity index (χ4n) is 1.27. The van der Waals surface area contributed by atoms with E-state index in [1.165, 1.54) is 17.5 Å². The van der Waals surface area contributed by atoms with E-state index in [1.54, 1.807) is 6.20 Å². The van der Waals surface area contributed by atoms with Crippen molar-refractivity contribution < 1.29 is 4.74 Å². The summed E-state index contributed by atoms with van der Waals surface area (Å²) < 4.78 is 6.39. The predicted molar refractivity (Wildman–Crippen MR) is 65.7 cm³/mol. The van der Waals surface area contributed by atoms with Crippen LogP contribution in [0.2, 0.25) is 0 Å². The van der Waals surface area contributed by atoms with Crippen LogP contribution in [0, 0.1) is 13.8 Å². The molecule has 1 aromatic carbocycles. The van der Waals surface area contributed by atoms with Gasteiger partial charge in [0, 0.05) is 6.20 Å². The summed E-state index contributed by atoms with van der Waals surface area (Å²) >= 11 is 3.34. The lowest BCUT2D eigenvalue weighted by Crippen LogP contribution is -1.91. The maximum atomic E-state index is 5.65. The number of aromatic nitrogens is 2. The van der Waals surface area contributed by atoms with E-state index in [-0.39, 0.29) is 0 Å². The molecule has 2 aromatic rings. The molecular formula is C12H11BrN2O. The van der Waals surface area contributed by atoms with Gasteiger partial charge in [-0.1, -0.05) is 6.07 Å². The van der Waals surface area contributed by atoms with E-state index in [2.05, 4.69) is 39.7 Å². The van der Waals surface area contributed by atoms with Gasteiger partial charge >= 0.3 is 0 Å². The Kier molecular flexibility index (Phi) is 3.19. The molecule has 16 heavy (non-hydrogen) atoms. The molecule has 82 valence electrons. The summed E-state index contributed by atoms with van der Waals surface area (Å²) in [5.41, 5.74) is 2.44. The molecular weight excluding hydrogens is 268 g/mol. The quantitative estimate of drug-likeness (QED) is 0.841. The molecule has 4 heteroatoms. The van der Waals surface area contributed by atoms with Crippen LogP contribution in [0.3, 0.4) is 0 Å². The van der Waals surface area contributed by atoms with E-state index in [0.717, 1.165) is 10.2 Å². The average molecular weight is 279 g/mol. The lowest BCUT2D eigenvalue weighted by molar-refractivity contribution is 0.457. The topological polar surface area (TPSA) is 35.0 Å². The molecule has 0 aliphatic rings. The number of hydrogen-bond donors (Lipinski definition) is 0. The summed E-state index contributed by atoms with van der Waals surface area (Å²) in [7, 11) is 0. The molecule has 0 aliphatic heterocycles. The lowest BCUT2D eigenvalue weighted by Gasteiger charge is -2.07. The third-order valence-corrected chi connectivity index (χ3v) is 2.87. The Morgan fingerprint density at radius 2 is 2.00 bits per heavy atom. The molecule has 1 aromatic heterocycles. The monoisotopic (exact) mass is 278 g/mol. The highest BCUT2D eigenvalue weighted by molar-refractivity contribution is 9.10. The summed E-state index contributed by atoms with van der Waals surface area (Å²) in [6, 6.07) is 5.94. The van der Waals surface area contributed by atoms with Crippen molar-refractivity contribution in [1.29, 1.82) is 0 Å². The maximum absolute atomic E-state index is 5.65. The van der Waals surface area contributed by atoms with Crippen molar-refractivity contribution in [1.82, 2.24) is 9.97 Å². The van der Waals surface area contributed by atoms with Crippen molar-refractivity contribution in [2.75, 3.05) is 0 Å². The van der Waals surface area contributed by atoms with Gasteiger partial charge in [-0.3, -0.25) is 0 Å². The summed E-state index contributed by atoms with van der Waals surface area (Å²) in [4.78, 5) is 7.93. The number of benzene rings is 1. The molecule has 0 aliphatic carbocycles. The largest absolute Gasteiger partial charge is 0.438 e. The zero-order valence-electron chi connectivity index (χ0n) is 9.07. The van der Waals surface area contributed by atoms with Crippen molar-refractivity contribution in [2.24, 2.45) is 0 Å². The van der Waals surface area contributed by atoms with Gasteiger partial charge in [0.2, 0.25) is 5.88 Å². The Morgan fingerprint density at radius 1 is 1.19 bits per heavy atom. The Bertz CT molecular complexity index is 514. The Morgan fingerprint density at radius 3 is 2.69 bits per heavy atom. The Balaban J connectivity index is 2.28. The molecule has 0 N–H and O–H groups in total. The maximum Gasteiger partial charge on any atom is 0.236 e. The molecule has 0 fully saturated rings. The number of aryl methyl sites for hydroxylation is 2. The van der Waals surface area contributed by atoms with Crippen LogP contribution >= 0.6 is 15.9 Å². The highest BCUT2D eigenvalue weighted by atomic mass is 79.9. The number of hydrogen-bond acceptors (Lipinski definition) is 3.